The summed E-state index contributed by atoms with van der Waals surface area (Å²) in [4.78, 5) is 29.3. The van der Waals surface area contributed by atoms with E-state index in [0.717, 1.165) is 15.7 Å². The molecule has 2 N–H and O–H groups in total. The number of nitriles is 1. The van der Waals surface area contributed by atoms with Crippen LogP contribution in [0.25, 0.3) is 0 Å². The summed E-state index contributed by atoms with van der Waals surface area (Å²) in [7, 11) is 0. The van der Waals surface area contributed by atoms with Gasteiger partial charge in [0.05, 0.1) is 18.1 Å². The summed E-state index contributed by atoms with van der Waals surface area (Å²) in [6.07, 6.45) is -0.344. The molecule has 0 aromatic heterocycles. The van der Waals surface area contributed by atoms with Crippen LogP contribution in [0.15, 0.2) is 45.5 Å². The summed E-state index contributed by atoms with van der Waals surface area (Å²) in [5, 5.41) is 9.94. The van der Waals surface area contributed by atoms with Crippen molar-refractivity contribution in [3.05, 3.63) is 51.0 Å². The minimum absolute atomic E-state index is 0.0382. The maximum atomic E-state index is 12.9. The summed E-state index contributed by atoms with van der Waals surface area (Å²) in [6.45, 7) is 11.1. The molecule has 188 valence electrons. The monoisotopic (exact) mass is 546 g/mol. The van der Waals surface area contributed by atoms with Crippen LogP contribution in [0.4, 0.5) is 10.5 Å². The van der Waals surface area contributed by atoms with Gasteiger partial charge in [-0.3, -0.25) is 0 Å². The third kappa shape index (κ3) is 5.90. The van der Waals surface area contributed by atoms with E-state index in [4.69, 9.17) is 19.9 Å². The first kappa shape index (κ1) is 26.4. The van der Waals surface area contributed by atoms with E-state index in [2.05, 4.69) is 26.9 Å². The van der Waals surface area contributed by atoms with Gasteiger partial charge in [0.15, 0.2) is 0 Å². The number of carbonyl (C=O) groups is 2. The highest BCUT2D eigenvalue weighted by atomic mass is 79.9. The second kappa shape index (κ2) is 10.6. The fourth-order valence-electron chi connectivity index (χ4n) is 4.17. The first-order chi connectivity index (χ1) is 16.5. The first-order valence-electron chi connectivity index (χ1n) is 11.4. The van der Waals surface area contributed by atoms with Crippen LogP contribution in [0.3, 0.4) is 0 Å². The number of nitrogens with zero attached hydrogens (tertiary/aromatic N) is 3. The average Bonchev–Trinajstić information content (AvgIpc) is 2.77. The van der Waals surface area contributed by atoms with Crippen molar-refractivity contribution >= 4 is 33.7 Å². The lowest BCUT2D eigenvalue weighted by molar-refractivity contribution is -0.139. The normalized spacial score (nSPS) is 18.7. The molecule has 0 radical (unpaired) electrons. The largest absolute Gasteiger partial charge is 0.463 e. The first-order valence-corrected chi connectivity index (χ1v) is 12.2. The minimum Gasteiger partial charge on any atom is -0.463 e. The molecule has 1 unspecified atom stereocenters. The van der Waals surface area contributed by atoms with Gasteiger partial charge in [0.25, 0.3) is 0 Å². The summed E-state index contributed by atoms with van der Waals surface area (Å²) in [5.74, 6) is -1.06. The van der Waals surface area contributed by atoms with Crippen molar-refractivity contribution < 1.29 is 23.8 Å². The second-order valence-electron chi connectivity index (χ2n) is 9.27. The molecule has 2 heterocycles. The maximum Gasteiger partial charge on any atom is 0.410 e. The van der Waals surface area contributed by atoms with Crippen molar-refractivity contribution in [1.29, 1.82) is 5.26 Å². The Bertz CT molecular complexity index is 1110. The van der Waals surface area contributed by atoms with Crippen LogP contribution in [-0.4, -0.2) is 55.3 Å². The van der Waals surface area contributed by atoms with Gasteiger partial charge in [-0.25, -0.2) is 9.59 Å². The van der Waals surface area contributed by atoms with E-state index in [1.54, 1.807) is 18.7 Å². The summed E-state index contributed by atoms with van der Waals surface area (Å²) < 4.78 is 17.1. The van der Waals surface area contributed by atoms with Gasteiger partial charge in [-0.2, -0.15) is 5.26 Å². The second-order valence-corrected chi connectivity index (χ2v) is 10.2. The molecule has 1 fully saturated rings. The molecule has 2 aliphatic rings. The molecular formula is C25H31BrN4O5. The summed E-state index contributed by atoms with van der Waals surface area (Å²) in [6, 6.07) is 7.84. The predicted molar refractivity (Wildman–Crippen MR) is 134 cm³/mol. The topological polar surface area (TPSA) is 118 Å². The van der Waals surface area contributed by atoms with Crippen molar-refractivity contribution in [3.8, 4) is 6.07 Å². The van der Waals surface area contributed by atoms with Gasteiger partial charge in [-0.15, -0.1) is 0 Å². The molecule has 1 atom stereocenters. The van der Waals surface area contributed by atoms with Crippen molar-refractivity contribution in [2.45, 2.75) is 46.1 Å². The van der Waals surface area contributed by atoms with Crippen molar-refractivity contribution in [2.75, 3.05) is 37.7 Å². The molecule has 3 rings (SSSR count). The van der Waals surface area contributed by atoms with Crippen LogP contribution in [0.2, 0.25) is 0 Å². The van der Waals surface area contributed by atoms with Crippen LogP contribution < -0.4 is 10.6 Å². The quantitative estimate of drug-likeness (QED) is 0.559. The number of rotatable bonds is 4. The third-order valence-electron chi connectivity index (χ3n) is 5.67. The van der Waals surface area contributed by atoms with E-state index in [0.29, 0.717) is 31.9 Å². The number of anilines is 1. The van der Waals surface area contributed by atoms with Gasteiger partial charge >= 0.3 is 12.1 Å². The zero-order valence-electron chi connectivity index (χ0n) is 20.7. The Morgan fingerprint density at radius 2 is 1.91 bits per heavy atom. The number of nitrogens with two attached hydrogens (primary N) is 1. The van der Waals surface area contributed by atoms with Crippen LogP contribution in [0.1, 0.15) is 46.1 Å². The molecule has 2 aliphatic heterocycles. The van der Waals surface area contributed by atoms with Crippen LogP contribution in [0, 0.1) is 11.3 Å². The van der Waals surface area contributed by atoms with Gasteiger partial charge in [0.2, 0.25) is 5.88 Å². The molecule has 35 heavy (non-hydrogen) atoms. The molecular weight excluding hydrogens is 516 g/mol. The number of hydrogen-bond acceptors (Lipinski definition) is 8. The van der Waals surface area contributed by atoms with Crippen LogP contribution in [-0.2, 0) is 19.0 Å². The Morgan fingerprint density at radius 3 is 2.49 bits per heavy atom. The van der Waals surface area contributed by atoms with E-state index in [1.807, 2.05) is 39.0 Å². The number of ether oxygens (including phenoxy) is 3. The summed E-state index contributed by atoms with van der Waals surface area (Å²) in [5.41, 5.74) is 7.45. The molecule has 9 nitrogen and oxygen atoms in total. The molecule has 1 aromatic rings. The molecule has 0 saturated carbocycles. The van der Waals surface area contributed by atoms with Crippen molar-refractivity contribution in [1.82, 2.24) is 4.90 Å². The Balaban J connectivity index is 1.99. The molecule has 0 spiro atoms. The highest BCUT2D eigenvalue weighted by Crippen LogP contribution is 2.44. The number of amides is 1. The van der Waals surface area contributed by atoms with E-state index in [9.17, 15) is 14.9 Å². The smallest absolute Gasteiger partial charge is 0.410 e. The SMILES string of the molecule is CCOC(=O)C1=C(C)OC(N)=C(C#N)C1c1cc(Br)ccc1N1CCN(C(=O)OC(C)(C)C)CC1. The lowest BCUT2D eigenvalue weighted by atomic mass is 9.82. The van der Waals surface area contributed by atoms with E-state index < -0.39 is 17.5 Å². The number of esters is 1. The van der Waals surface area contributed by atoms with E-state index in [-0.39, 0.29) is 29.7 Å². The van der Waals surface area contributed by atoms with E-state index >= 15 is 0 Å². The zero-order valence-corrected chi connectivity index (χ0v) is 22.3. The Kier molecular flexibility index (Phi) is 8.00. The Morgan fingerprint density at radius 1 is 1.26 bits per heavy atom. The lowest BCUT2D eigenvalue weighted by Crippen LogP contribution is -2.50. The fraction of sp³-hybridized carbons (Fsp3) is 0.480. The van der Waals surface area contributed by atoms with Gasteiger partial charge < -0.3 is 29.7 Å². The lowest BCUT2D eigenvalue weighted by Gasteiger charge is -2.38. The number of hydrogen-bond donors (Lipinski definition) is 1. The van der Waals surface area contributed by atoms with Gasteiger partial charge in [0, 0.05) is 36.3 Å². The fourth-order valence-corrected chi connectivity index (χ4v) is 4.55. The number of halogens is 1. The van der Waals surface area contributed by atoms with Crippen LogP contribution >= 0.6 is 15.9 Å². The molecule has 0 bridgehead atoms. The predicted octanol–water partition coefficient (Wildman–Crippen LogP) is 4.15. The van der Waals surface area contributed by atoms with Gasteiger partial charge in [0.1, 0.15) is 23.0 Å². The van der Waals surface area contributed by atoms with Crippen molar-refractivity contribution in [3.63, 3.8) is 0 Å². The number of allylic oxidation sites excluding steroid dienone is 2. The maximum absolute atomic E-state index is 12.9. The van der Waals surface area contributed by atoms with Crippen molar-refractivity contribution in [2.24, 2.45) is 5.73 Å². The molecule has 1 saturated heterocycles. The minimum atomic E-state index is -0.760. The standard InChI is InChI=1S/C25H31BrN4O5/c1-6-33-23(31)20-15(2)34-22(28)18(14-27)21(20)17-13-16(26)7-8-19(17)29-9-11-30(12-10-29)24(32)35-25(3,4)5/h7-8,13,21H,6,9-12,28H2,1-5H3. The highest BCUT2D eigenvalue weighted by Gasteiger charge is 2.38. The molecule has 0 aliphatic carbocycles. The molecule has 10 heteroatoms. The number of benzene rings is 1. The van der Waals surface area contributed by atoms with E-state index in [1.165, 1.54) is 0 Å². The number of carbonyl (C=O) groups excluding carboxylic acids is 2. The summed E-state index contributed by atoms with van der Waals surface area (Å²) >= 11 is 3.52. The van der Waals surface area contributed by atoms with Gasteiger partial charge in [-0.05, 0) is 58.4 Å². The average molecular weight is 547 g/mol. The Labute approximate surface area is 214 Å². The van der Waals surface area contributed by atoms with Gasteiger partial charge in [-0.1, -0.05) is 15.9 Å². The van der Waals surface area contributed by atoms with Crippen LogP contribution in [0.5, 0.6) is 0 Å². The highest BCUT2D eigenvalue weighted by molar-refractivity contribution is 9.10. The third-order valence-corrected chi connectivity index (χ3v) is 6.17. The zero-order chi connectivity index (χ0) is 25.9. The molecule has 1 amide bonds. The Hall–Kier alpha value is -3.19. The molecule has 1 aromatic carbocycles. The number of piperazine rings is 1.